The Kier molecular flexibility index (Phi) is 5.17. The quantitative estimate of drug-likeness (QED) is 0.286. The van der Waals surface area contributed by atoms with Crippen molar-refractivity contribution >= 4 is 28.4 Å². The molecule has 1 aliphatic heterocycles. The maximum atomic E-state index is 5.62. The second kappa shape index (κ2) is 6.10. The van der Waals surface area contributed by atoms with E-state index in [1.54, 1.807) is 11.3 Å². The number of halogens is 1. The Balaban J connectivity index is 0.00000120. The van der Waals surface area contributed by atoms with Gasteiger partial charge in [0.05, 0.1) is 7.05 Å². The van der Waals surface area contributed by atoms with Crippen molar-refractivity contribution < 1.29 is 27.9 Å². The molecule has 0 aromatic heterocycles. The monoisotopic (exact) mass is 395 g/mol. The van der Waals surface area contributed by atoms with Gasteiger partial charge in [0.15, 0.2) is 0 Å². The average Bonchev–Trinajstić information content (AvgIpc) is 2.65. The minimum Gasteiger partial charge on any atom is -1.00 e. The van der Waals surface area contributed by atoms with Gasteiger partial charge in [-0.05, 0) is 32.1 Å². The van der Waals surface area contributed by atoms with Crippen LogP contribution in [0.2, 0.25) is 0 Å². The Morgan fingerprint density at radius 2 is 1.72 bits per heavy atom. The molecule has 0 N–H and O–H groups in total. The lowest BCUT2D eigenvalue weighted by Crippen LogP contribution is -3.00. The van der Waals surface area contributed by atoms with E-state index in [1.807, 2.05) is 11.9 Å². The molecular formula is C14H22INS2. The average molecular weight is 395 g/mol. The zero-order valence-electron chi connectivity index (χ0n) is 11.1. The molecule has 3 rings (SSSR count). The SMILES string of the molecule is C[N+]1(C2CCCCC2)SC(=S)C2=C1CCCC2.[I-]. The molecule has 1 atom stereocenters. The van der Waals surface area contributed by atoms with E-state index in [0.29, 0.717) is 0 Å². The smallest absolute Gasteiger partial charge is 0.138 e. The van der Waals surface area contributed by atoms with Crippen LogP contribution in [0.5, 0.6) is 0 Å². The molecule has 102 valence electrons. The van der Waals surface area contributed by atoms with Crippen molar-refractivity contribution in [2.24, 2.45) is 0 Å². The summed E-state index contributed by atoms with van der Waals surface area (Å²) in [4.78, 5) is 0. The summed E-state index contributed by atoms with van der Waals surface area (Å²) >= 11 is 7.60. The van der Waals surface area contributed by atoms with E-state index < -0.39 is 0 Å². The van der Waals surface area contributed by atoms with Gasteiger partial charge in [0.2, 0.25) is 0 Å². The van der Waals surface area contributed by atoms with Gasteiger partial charge < -0.3 is 24.0 Å². The fourth-order valence-electron chi connectivity index (χ4n) is 3.75. The highest BCUT2D eigenvalue weighted by molar-refractivity contribution is 8.20. The van der Waals surface area contributed by atoms with Crippen LogP contribution in [0.3, 0.4) is 0 Å². The van der Waals surface area contributed by atoms with Crippen molar-refractivity contribution in [1.29, 1.82) is 0 Å². The number of hydrogen-bond donors (Lipinski definition) is 0. The second-order valence-electron chi connectivity index (χ2n) is 5.79. The van der Waals surface area contributed by atoms with E-state index in [0.717, 1.165) is 9.93 Å². The molecule has 4 heteroatoms. The zero-order chi connectivity index (χ0) is 11.9. The highest BCUT2D eigenvalue weighted by Crippen LogP contribution is 2.50. The maximum Gasteiger partial charge on any atom is 0.138 e. The first kappa shape index (κ1) is 15.3. The van der Waals surface area contributed by atoms with Gasteiger partial charge in [-0.3, -0.25) is 0 Å². The van der Waals surface area contributed by atoms with E-state index in [1.165, 1.54) is 62.0 Å². The van der Waals surface area contributed by atoms with Crippen molar-refractivity contribution in [2.45, 2.75) is 63.8 Å². The van der Waals surface area contributed by atoms with Crippen LogP contribution in [0.1, 0.15) is 57.8 Å². The second-order valence-corrected chi connectivity index (χ2v) is 7.81. The number of rotatable bonds is 1. The molecule has 1 nitrogen and oxygen atoms in total. The normalized spacial score (nSPS) is 33.3. The molecule has 1 heterocycles. The first-order valence-corrected chi connectivity index (χ1v) is 8.23. The minimum atomic E-state index is 0. The first-order valence-electron chi connectivity index (χ1n) is 7.04. The van der Waals surface area contributed by atoms with Gasteiger partial charge in [-0.1, -0.05) is 18.6 Å². The molecule has 0 aromatic rings. The Hall–Kier alpha value is 0.870. The summed E-state index contributed by atoms with van der Waals surface area (Å²) in [5.74, 6) is 0. The zero-order valence-corrected chi connectivity index (χ0v) is 14.9. The van der Waals surface area contributed by atoms with Gasteiger partial charge >= 0.3 is 0 Å². The molecule has 3 aliphatic rings. The van der Waals surface area contributed by atoms with Crippen molar-refractivity contribution in [3.05, 3.63) is 11.3 Å². The molecule has 0 saturated heterocycles. The maximum absolute atomic E-state index is 5.62. The minimum absolute atomic E-state index is 0. The molecule has 0 amide bonds. The van der Waals surface area contributed by atoms with Gasteiger partial charge in [-0.15, -0.1) is 0 Å². The lowest BCUT2D eigenvalue weighted by molar-refractivity contribution is -0.763. The third-order valence-electron chi connectivity index (χ3n) is 4.77. The fourth-order valence-corrected chi connectivity index (χ4v) is 5.78. The number of allylic oxidation sites excluding steroid dienone is 1. The van der Waals surface area contributed by atoms with E-state index in [4.69, 9.17) is 12.2 Å². The van der Waals surface area contributed by atoms with Gasteiger partial charge in [-0.25, -0.2) is 3.89 Å². The highest BCUT2D eigenvalue weighted by atomic mass is 127. The molecule has 2 aliphatic carbocycles. The van der Waals surface area contributed by atoms with Crippen LogP contribution in [0.15, 0.2) is 11.3 Å². The van der Waals surface area contributed by atoms with Crippen molar-refractivity contribution in [3.63, 3.8) is 0 Å². The van der Waals surface area contributed by atoms with Gasteiger partial charge in [-0.2, -0.15) is 0 Å². The van der Waals surface area contributed by atoms with Crippen LogP contribution in [0.4, 0.5) is 0 Å². The largest absolute Gasteiger partial charge is 1.00 e. The lowest BCUT2D eigenvalue weighted by atomic mass is 9.91. The molecule has 0 aromatic carbocycles. The molecule has 1 unspecified atom stereocenters. The predicted molar refractivity (Wildman–Crippen MR) is 78.7 cm³/mol. The van der Waals surface area contributed by atoms with E-state index in [9.17, 15) is 0 Å². The van der Waals surface area contributed by atoms with E-state index in [-0.39, 0.29) is 24.0 Å². The Morgan fingerprint density at radius 1 is 1.06 bits per heavy atom. The summed E-state index contributed by atoms with van der Waals surface area (Å²) in [6.45, 7) is 0. The van der Waals surface area contributed by atoms with Crippen LogP contribution in [-0.2, 0) is 0 Å². The number of quaternary nitrogens is 1. The molecule has 18 heavy (non-hydrogen) atoms. The summed E-state index contributed by atoms with van der Waals surface area (Å²) in [5, 5.41) is 0. The van der Waals surface area contributed by atoms with Crippen molar-refractivity contribution in [1.82, 2.24) is 0 Å². The van der Waals surface area contributed by atoms with E-state index >= 15 is 0 Å². The first-order chi connectivity index (χ1) is 8.22. The van der Waals surface area contributed by atoms with Gasteiger partial charge in [0.25, 0.3) is 0 Å². The van der Waals surface area contributed by atoms with Crippen LogP contribution in [0.25, 0.3) is 0 Å². The van der Waals surface area contributed by atoms with Crippen LogP contribution in [-0.4, -0.2) is 21.2 Å². The third-order valence-corrected chi connectivity index (χ3v) is 6.55. The third kappa shape index (κ3) is 2.54. The molecule has 1 fully saturated rings. The standard InChI is InChI=1S/C14H22NS2.HI/c1-15(11-7-3-2-4-8-11)13-10-6-5-9-12(13)14(16)17-15;/h11H,2-10H2,1H3;1H/q+1;/p-1. The van der Waals surface area contributed by atoms with Gasteiger partial charge in [0, 0.05) is 24.8 Å². The molecule has 0 bridgehead atoms. The lowest BCUT2D eigenvalue weighted by Gasteiger charge is -2.39. The summed E-state index contributed by atoms with van der Waals surface area (Å²) in [5.41, 5.74) is 3.25. The van der Waals surface area contributed by atoms with Crippen LogP contribution >= 0.6 is 24.2 Å². The Labute approximate surface area is 138 Å². The Bertz CT molecular complexity index is 374. The molecule has 0 spiro atoms. The van der Waals surface area contributed by atoms with E-state index in [2.05, 4.69) is 7.05 Å². The summed E-state index contributed by atoms with van der Waals surface area (Å²) in [6, 6.07) is 0.831. The van der Waals surface area contributed by atoms with Crippen molar-refractivity contribution in [3.8, 4) is 0 Å². The number of thiocarbonyl (C=S) groups is 1. The van der Waals surface area contributed by atoms with Crippen LogP contribution in [0, 0.1) is 0 Å². The number of nitrogens with zero attached hydrogens (tertiary/aromatic N) is 1. The molecule has 1 saturated carbocycles. The topological polar surface area (TPSA) is 0 Å². The summed E-state index contributed by atoms with van der Waals surface area (Å²) in [7, 11) is 2.43. The van der Waals surface area contributed by atoms with Gasteiger partial charge in [0.1, 0.15) is 27.9 Å². The number of hydrogen-bond acceptors (Lipinski definition) is 2. The van der Waals surface area contributed by atoms with Crippen LogP contribution < -0.4 is 24.0 Å². The predicted octanol–water partition coefficient (Wildman–Crippen LogP) is 1.59. The molecular weight excluding hydrogens is 373 g/mol. The Morgan fingerprint density at radius 3 is 2.44 bits per heavy atom. The fraction of sp³-hybridized carbons (Fsp3) is 0.786. The summed E-state index contributed by atoms with van der Waals surface area (Å²) in [6.07, 6.45) is 12.4. The van der Waals surface area contributed by atoms with Crippen molar-refractivity contribution in [2.75, 3.05) is 7.05 Å². The molecule has 0 radical (unpaired) electrons. The highest BCUT2D eigenvalue weighted by Gasteiger charge is 2.48. The summed E-state index contributed by atoms with van der Waals surface area (Å²) < 4.78 is 2.33.